The number of aromatic nitrogens is 2. The molecular formula is C15H25N5O. The minimum absolute atomic E-state index is 0.0535. The van der Waals surface area contributed by atoms with Crippen molar-refractivity contribution in [3.63, 3.8) is 0 Å². The zero-order valence-corrected chi connectivity index (χ0v) is 13.6. The summed E-state index contributed by atoms with van der Waals surface area (Å²) in [4.78, 5) is 25.5. The molecular weight excluding hydrogens is 266 g/mol. The molecule has 1 atom stereocenters. The number of nitrogens with one attached hydrogen (secondary N) is 1. The van der Waals surface area contributed by atoms with E-state index in [-0.39, 0.29) is 11.9 Å². The topological polar surface area (TPSA) is 61.4 Å². The summed E-state index contributed by atoms with van der Waals surface area (Å²) in [6.45, 7) is 10.5. The van der Waals surface area contributed by atoms with E-state index >= 15 is 0 Å². The summed E-state index contributed by atoms with van der Waals surface area (Å²) in [5.41, 5.74) is 1.92. The van der Waals surface area contributed by atoms with Crippen LogP contribution >= 0.6 is 0 Å². The van der Waals surface area contributed by atoms with Gasteiger partial charge in [-0.2, -0.15) is 0 Å². The number of piperazine rings is 1. The fourth-order valence-electron chi connectivity index (χ4n) is 2.85. The third-order valence-electron chi connectivity index (χ3n) is 3.89. The summed E-state index contributed by atoms with van der Waals surface area (Å²) < 4.78 is 0. The molecule has 0 aromatic carbocycles. The van der Waals surface area contributed by atoms with Crippen LogP contribution < -0.4 is 10.2 Å². The van der Waals surface area contributed by atoms with Crippen LogP contribution in [-0.4, -0.2) is 59.5 Å². The predicted molar refractivity (Wildman–Crippen MR) is 83.4 cm³/mol. The van der Waals surface area contributed by atoms with E-state index in [2.05, 4.69) is 38.9 Å². The zero-order chi connectivity index (χ0) is 15.6. The Labute approximate surface area is 126 Å². The highest BCUT2D eigenvalue weighted by atomic mass is 16.2. The Morgan fingerprint density at radius 2 is 1.90 bits per heavy atom. The lowest BCUT2D eigenvalue weighted by Crippen LogP contribution is -2.60. The lowest BCUT2D eigenvalue weighted by atomic mass is 10.1. The molecule has 2 rings (SSSR count). The fourth-order valence-corrected chi connectivity index (χ4v) is 2.85. The number of carbonyl (C=O) groups excluding carboxylic acids is 1. The first-order valence-electron chi connectivity index (χ1n) is 7.47. The van der Waals surface area contributed by atoms with E-state index in [0.717, 1.165) is 30.4 Å². The van der Waals surface area contributed by atoms with Crippen molar-refractivity contribution in [2.75, 3.05) is 31.6 Å². The molecule has 6 heteroatoms. The van der Waals surface area contributed by atoms with Crippen LogP contribution in [-0.2, 0) is 4.79 Å². The largest absolute Gasteiger partial charge is 0.358 e. The van der Waals surface area contributed by atoms with E-state index in [1.165, 1.54) is 0 Å². The number of carbonyl (C=O) groups is 1. The molecule has 1 aromatic rings. The van der Waals surface area contributed by atoms with Crippen molar-refractivity contribution in [1.29, 1.82) is 0 Å². The van der Waals surface area contributed by atoms with E-state index < -0.39 is 0 Å². The minimum atomic E-state index is -0.159. The van der Waals surface area contributed by atoms with Crippen molar-refractivity contribution in [2.24, 2.45) is 0 Å². The number of amides is 1. The number of likely N-dealkylation sites (N-methyl/N-ethyl adjacent to an activating group) is 1. The average molecular weight is 291 g/mol. The van der Waals surface area contributed by atoms with Crippen LogP contribution in [0.3, 0.4) is 0 Å². The summed E-state index contributed by atoms with van der Waals surface area (Å²) in [7, 11) is 1.69. The van der Waals surface area contributed by atoms with Gasteiger partial charge in [0.25, 0.3) is 0 Å². The van der Waals surface area contributed by atoms with Gasteiger partial charge in [-0.3, -0.25) is 9.69 Å². The molecule has 1 fully saturated rings. The monoisotopic (exact) mass is 291 g/mol. The predicted octanol–water partition coefficient (Wildman–Crippen LogP) is 0.738. The number of nitrogens with zero attached hydrogens (tertiary/aromatic N) is 4. The lowest BCUT2D eigenvalue weighted by Gasteiger charge is -2.42. The maximum Gasteiger partial charge on any atom is 0.238 e. The molecule has 116 valence electrons. The van der Waals surface area contributed by atoms with Crippen molar-refractivity contribution in [3.05, 3.63) is 17.5 Å². The summed E-state index contributed by atoms with van der Waals surface area (Å²) >= 11 is 0. The van der Waals surface area contributed by atoms with Gasteiger partial charge in [0.05, 0.1) is 0 Å². The van der Waals surface area contributed by atoms with Gasteiger partial charge in [0.2, 0.25) is 11.9 Å². The van der Waals surface area contributed by atoms with E-state index in [1.54, 1.807) is 7.05 Å². The Morgan fingerprint density at radius 3 is 2.43 bits per heavy atom. The van der Waals surface area contributed by atoms with Gasteiger partial charge < -0.3 is 10.2 Å². The van der Waals surface area contributed by atoms with Crippen molar-refractivity contribution >= 4 is 11.9 Å². The molecule has 0 unspecified atom stereocenters. The van der Waals surface area contributed by atoms with Gasteiger partial charge >= 0.3 is 0 Å². The van der Waals surface area contributed by atoms with Crippen LogP contribution in [0.4, 0.5) is 5.95 Å². The van der Waals surface area contributed by atoms with Crippen molar-refractivity contribution < 1.29 is 4.79 Å². The van der Waals surface area contributed by atoms with Crippen LogP contribution in [0.2, 0.25) is 0 Å². The first kappa shape index (κ1) is 15.7. The fraction of sp³-hybridized carbons (Fsp3) is 0.667. The Morgan fingerprint density at radius 1 is 1.29 bits per heavy atom. The SMILES string of the molecule is CNC(=O)[C@@H]1CN(c2nc(C)cc(C)n2)CCN1C(C)C. The highest BCUT2D eigenvalue weighted by Crippen LogP contribution is 2.18. The van der Waals surface area contributed by atoms with E-state index in [4.69, 9.17) is 0 Å². The zero-order valence-electron chi connectivity index (χ0n) is 13.6. The number of aryl methyl sites for hydroxylation is 2. The lowest BCUT2D eigenvalue weighted by molar-refractivity contribution is -0.127. The molecule has 2 heterocycles. The third-order valence-corrected chi connectivity index (χ3v) is 3.89. The van der Waals surface area contributed by atoms with Crippen LogP contribution in [0.15, 0.2) is 6.07 Å². The molecule has 1 N–H and O–H groups in total. The molecule has 0 saturated carbocycles. The number of hydrogen-bond donors (Lipinski definition) is 1. The molecule has 21 heavy (non-hydrogen) atoms. The maximum atomic E-state index is 12.2. The van der Waals surface area contributed by atoms with Crippen molar-refractivity contribution in [3.8, 4) is 0 Å². The van der Waals surface area contributed by atoms with Crippen LogP contribution in [0.5, 0.6) is 0 Å². The third kappa shape index (κ3) is 3.50. The van der Waals surface area contributed by atoms with Gasteiger partial charge in [0.15, 0.2) is 0 Å². The second-order valence-corrected chi connectivity index (χ2v) is 5.86. The molecule has 1 aliphatic rings. The van der Waals surface area contributed by atoms with Gasteiger partial charge in [-0.05, 0) is 33.8 Å². The molecule has 0 aliphatic carbocycles. The Hall–Kier alpha value is -1.69. The maximum absolute atomic E-state index is 12.2. The highest BCUT2D eigenvalue weighted by Gasteiger charge is 2.34. The summed E-state index contributed by atoms with van der Waals surface area (Å²) in [5, 5.41) is 2.77. The number of anilines is 1. The molecule has 1 saturated heterocycles. The molecule has 0 bridgehead atoms. The van der Waals surface area contributed by atoms with E-state index in [0.29, 0.717) is 12.6 Å². The standard InChI is InChI=1S/C15H25N5O/c1-10(2)20-7-6-19(9-13(20)14(21)16-5)15-17-11(3)8-12(4)18-15/h8,10,13H,6-7,9H2,1-5H3,(H,16,21)/t13-/m0/s1. The molecule has 6 nitrogen and oxygen atoms in total. The first-order valence-corrected chi connectivity index (χ1v) is 7.47. The number of hydrogen-bond acceptors (Lipinski definition) is 5. The normalized spacial score (nSPS) is 19.9. The minimum Gasteiger partial charge on any atom is -0.358 e. The van der Waals surface area contributed by atoms with Crippen molar-refractivity contribution in [2.45, 2.75) is 39.8 Å². The molecule has 0 radical (unpaired) electrons. The molecule has 1 aliphatic heterocycles. The quantitative estimate of drug-likeness (QED) is 0.890. The smallest absolute Gasteiger partial charge is 0.238 e. The Kier molecular flexibility index (Phi) is 4.77. The second-order valence-electron chi connectivity index (χ2n) is 5.86. The van der Waals surface area contributed by atoms with E-state index in [9.17, 15) is 4.79 Å². The Balaban J connectivity index is 2.22. The van der Waals surface area contributed by atoms with Gasteiger partial charge in [0, 0.05) is 44.1 Å². The van der Waals surface area contributed by atoms with Crippen LogP contribution in [0.1, 0.15) is 25.2 Å². The Bertz CT molecular complexity index is 497. The molecule has 1 aromatic heterocycles. The molecule has 1 amide bonds. The second kappa shape index (κ2) is 6.39. The number of rotatable bonds is 3. The van der Waals surface area contributed by atoms with Gasteiger partial charge in [-0.25, -0.2) is 9.97 Å². The highest BCUT2D eigenvalue weighted by molar-refractivity contribution is 5.82. The summed E-state index contributed by atoms with van der Waals surface area (Å²) in [6, 6.07) is 2.15. The van der Waals surface area contributed by atoms with Gasteiger partial charge in [-0.1, -0.05) is 0 Å². The average Bonchev–Trinajstić information content (AvgIpc) is 2.44. The summed E-state index contributed by atoms with van der Waals surface area (Å²) in [6.07, 6.45) is 0. The van der Waals surface area contributed by atoms with E-state index in [1.807, 2.05) is 19.9 Å². The summed E-state index contributed by atoms with van der Waals surface area (Å²) in [5.74, 6) is 0.780. The van der Waals surface area contributed by atoms with Crippen LogP contribution in [0.25, 0.3) is 0 Å². The first-order chi connectivity index (χ1) is 9.92. The van der Waals surface area contributed by atoms with Crippen molar-refractivity contribution in [1.82, 2.24) is 20.2 Å². The van der Waals surface area contributed by atoms with Gasteiger partial charge in [0.1, 0.15) is 6.04 Å². The van der Waals surface area contributed by atoms with Crippen LogP contribution in [0, 0.1) is 13.8 Å². The van der Waals surface area contributed by atoms with Gasteiger partial charge in [-0.15, -0.1) is 0 Å². The molecule has 0 spiro atoms.